The standard InChI is InChI=1S/C12H13ClN2O2/c1-7-11(5-10(13)6-14-7)8-2-3-9(4-8)12(16)15-17/h4-6,9,17H,2-3H2,1H3,(H,15,16). The predicted octanol–water partition coefficient (Wildman–Crippen LogP) is 2.34. The Hall–Kier alpha value is -1.39. The van der Waals surface area contributed by atoms with Gasteiger partial charge in [-0.2, -0.15) is 0 Å². The van der Waals surface area contributed by atoms with E-state index in [4.69, 9.17) is 16.8 Å². The Morgan fingerprint density at radius 2 is 2.41 bits per heavy atom. The Balaban J connectivity index is 2.29. The van der Waals surface area contributed by atoms with E-state index in [9.17, 15) is 4.79 Å². The lowest BCUT2D eigenvalue weighted by molar-refractivity contribution is -0.131. The number of hydroxylamine groups is 1. The molecule has 0 aromatic carbocycles. The van der Waals surface area contributed by atoms with Crippen molar-refractivity contribution in [3.05, 3.63) is 34.6 Å². The molecule has 0 spiro atoms. The fourth-order valence-corrected chi connectivity index (χ4v) is 2.23. The van der Waals surface area contributed by atoms with Gasteiger partial charge in [-0.05, 0) is 31.4 Å². The van der Waals surface area contributed by atoms with E-state index in [1.165, 1.54) is 0 Å². The van der Waals surface area contributed by atoms with Gasteiger partial charge in [0.2, 0.25) is 5.91 Å². The summed E-state index contributed by atoms with van der Waals surface area (Å²) < 4.78 is 0. The first-order chi connectivity index (χ1) is 8.11. The van der Waals surface area contributed by atoms with Crippen LogP contribution in [0.15, 0.2) is 18.3 Å². The highest BCUT2D eigenvalue weighted by Gasteiger charge is 2.23. The lowest BCUT2D eigenvalue weighted by Crippen LogP contribution is -2.25. The van der Waals surface area contributed by atoms with Gasteiger partial charge in [-0.1, -0.05) is 17.7 Å². The average Bonchev–Trinajstić information content (AvgIpc) is 2.80. The number of rotatable bonds is 2. The van der Waals surface area contributed by atoms with Crippen LogP contribution in [0.3, 0.4) is 0 Å². The van der Waals surface area contributed by atoms with E-state index in [1.807, 2.05) is 19.1 Å². The second-order valence-corrected chi connectivity index (χ2v) is 4.54. The summed E-state index contributed by atoms with van der Waals surface area (Å²) in [5.41, 5.74) is 4.61. The van der Waals surface area contributed by atoms with Crippen LogP contribution in [-0.2, 0) is 4.79 Å². The number of halogens is 1. The number of nitrogens with zero attached hydrogens (tertiary/aromatic N) is 1. The minimum Gasteiger partial charge on any atom is -0.289 e. The number of carbonyl (C=O) groups is 1. The third kappa shape index (κ3) is 2.48. The zero-order valence-corrected chi connectivity index (χ0v) is 10.2. The number of aromatic nitrogens is 1. The van der Waals surface area contributed by atoms with Gasteiger partial charge < -0.3 is 0 Å². The summed E-state index contributed by atoms with van der Waals surface area (Å²) in [7, 11) is 0. The van der Waals surface area contributed by atoms with Gasteiger partial charge in [0.15, 0.2) is 0 Å². The fraction of sp³-hybridized carbons (Fsp3) is 0.333. The van der Waals surface area contributed by atoms with Gasteiger partial charge in [-0.25, -0.2) is 5.48 Å². The Morgan fingerprint density at radius 3 is 3.12 bits per heavy atom. The molecule has 0 aliphatic heterocycles. The van der Waals surface area contributed by atoms with Crippen LogP contribution < -0.4 is 5.48 Å². The molecular weight excluding hydrogens is 240 g/mol. The highest BCUT2D eigenvalue weighted by atomic mass is 35.5. The van der Waals surface area contributed by atoms with Crippen LogP contribution in [0.2, 0.25) is 5.02 Å². The van der Waals surface area contributed by atoms with Crippen molar-refractivity contribution in [2.45, 2.75) is 19.8 Å². The smallest absolute Gasteiger partial charge is 0.250 e. The van der Waals surface area contributed by atoms with Gasteiger partial charge in [0, 0.05) is 17.5 Å². The van der Waals surface area contributed by atoms with Gasteiger partial charge in [0.05, 0.1) is 10.9 Å². The molecule has 0 fully saturated rings. The number of aryl methyl sites for hydroxylation is 1. The molecule has 4 nitrogen and oxygen atoms in total. The van der Waals surface area contributed by atoms with Crippen LogP contribution in [0.1, 0.15) is 24.1 Å². The van der Waals surface area contributed by atoms with Gasteiger partial charge in [0.25, 0.3) is 0 Å². The average molecular weight is 253 g/mol. The molecule has 17 heavy (non-hydrogen) atoms. The van der Waals surface area contributed by atoms with Crippen LogP contribution in [0.25, 0.3) is 5.57 Å². The monoisotopic (exact) mass is 252 g/mol. The maximum absolute atomic E-state index is 11.3. The second-order valence-electron chi connectivity index (χ2n) is 4.10. The molecule has 5 heteroatoms. The predicted molar refractivity (Wildman–Crippen MR) is 64.6 cm³/mol. The zero-order chi connectivity index (χ0) is 12.4. The van der Waals surface area contributed by atoms with Crippen molar-refractivity contribution >= 4 is 23.1 Å². The van der Waals surface area contributed by atoms with Crippen LogP contribution in [0.4, 0.5) is 0 Å². The van der Waals surface area contributed by atoms with E-state index in [-0.39, 0.29) is 11.8 Å². The SMILES string of the molecule is Cc1ncc(Cl)cc1C1=CC(C(=O)NO)CC1. The first-order valence-electron chi connectivity index (χ1n) is 5.39. The van der Waals surface area contributed by atoms with E-state index in [1.54, 1.807) is 11.7 Å². The highest BCUT2D eigenvalue weighted by Crippen LogP contribution is 2.33. The molecule has 1 heterocycles. The van der Waals surface area contributed by atoms with Crippen molar-refractivity contribution in [3.63, 3.8) is 0 Å². The number of nitrogens with one attached hydrogen (secondary N) is 1. The Bertz CT molecular complexity index is 485. The van der Waals surface area contributed by atoms with E-state index in [0.29, 0.717) is 11.4 Å². The van der Waals surface area contributed by atoms with Crippen molar-refractivity contribution in [2.75, 3.05) is 0 Å². The van der Waals surface area contributed by atoms with Crippen LogP contribution >= 0.6 is 11.6 Å². The Kier molecular flexibility index (Phi) is 3.45. The largest absolute Gasteiger partial charge is 0.289 e. The number of pyridine rings is 1. The topological polar surface area (TPSA) is 62.2 Å². The normalized spacial score (nSPS) is 19.0. The lowest BCUT2D eigenvalue weighted by atomic mass is 10.0. The summed E-state index contributed by atoms with van der Waals surface area (Å²) in [5, 5.41) is 9.17. The van der Waals surface area contributed by atoms with E-state index < -0.39 is 0 Å². The van der Waals surface area contributed by atoms with E-state index in [0.717, 1.165) is 23.3 Å². The summed E-state index contributed by atoms with van der Waals surface area (Å²) in [4.78, 5) is 15.5. The summed E-state index contributed by atoms with van der Waals surface area (Å²) in [6.07, 6.45) is 4.97. The molecule has 0 saturated heterocycles. The van der Waals surface area contributed by atoms with Crippen molar-refractivity contribution in [1.82, 2.24) is 10.5 Å². The Morgan fingerprint density at radius 1 is 1.65 bits per heavy atom. The third-order valence-corrected chi connectivity index (χ3v) is 3.18. The fourth-order valence-electron chi connectivity index (χ4n) is 2.07. The molecule has 1 unspecified atom stereocenters. The van der Waals surface area contributed by atoms with Crippen LogP contribution in [-0.4, -0.2) is 16.1 Å². The quantitative estimate of drug-likeness (QED) is 0.627. The first-order valence-corrected chi connectivity index (χ1v) is 5.76. The molecule has 1 aliphatic rings. The van der Waals surface area contributed by atoms with E-state index in [2.05, 4.69) is 4.98 Å². The van der Waals surface area contributed by atoms with Gasteiger partial charge in [-0.3, -0.25) is 15.0 Å². The molecule has 1 amide bonds. The molecule has 2 N–H and O–H groups in total. The minimum absolute atomic E-state index is 0.270. The molecule has 0 bridgehead atoms. The molecule has 1 atom stereocenters. The van der Waals surface area contributed by atoms with Crippen molar-refractivity contribution in [1.29, 1.82) is 0 Å². The molecule has 0 radical (unpaired) electrons. The zero-order valence-electron chi connectivity index (χ0n) is 9.40. The Labute approximate surface area is 104 Å². The third-order valence-electron chi connectivity index (χ3n) is 2.97. The summed E-state index contributed by atoms with van der Waals surface area (Å²) in [6.45, 7) is 1.91. The number of hydrogen-bond acceptors (Lipinski definition) is 3. The van der Waals surface area contributed by atoms with Crippen molar-refractivity contribution in [3.8, 4) is 0 Å². The number of hydrogen-bond donors (Lipinski definition) is 2. The first kappa shape index (κ1) is 12.1. The highest BCUT2D eigenvalue weighted by molar-refractivity contribution is 6.30. The molecule has 1 aromatic heterocycles. The van der Waals surface area contributed by atoms with Crippen molar-refractivity contribution < 1.29 is 10.0 Å². The molecule has 1 aromatic rings. The molecule has 90 valence electrons. The number of amides is 1. The number of allylic oxidation sites excluding steroid dienone is 1. The summed E-state index contributed by atoms with van der Waals surface area (Å²) >= 11 is 5.91. The van der Waals surface area contributed by atoms with Gasteiger partial charge in [0.1, 0.15) is 0 Å². The van der Waals surface area contributed by atoms with Gasteiger partial charge >= 0.3 is 0 Å². The van der Waals surface area contributed by atoms with Crippen molar-refractivity contribution in [2.24, 2.45) is 5.92 Å². The molecule has 1 aliphatic carbocycles. The molecule has 0 saturated carbocycles. The van der Waals surface area contributed by atoms with E-state index >= 15 is 0 Å². The van der Waals surface area contributed by atoms with Crippen LogP contribution in [0, 0.1) is 12.8 Å². The second kappa shape index (κ2) is 4.85. The number of carbonyl (C=O) groups excluding carboxylic acids is 1. The van der Waals surface area contributed by atoms with Crippen LogP contribution in [0.5, 0.6) is 0 Å². The molecule has 2 rings (SSSR count). The summed E-state index contributed by atoms with van der Waals surface area (Å²) in [5.74, 6) is -0.638. The lowest BCUT2D eigenvalue weighted by Gasteiger charge is -2.05. The molecular formula is C12H13ClN2O2. The van der Waals surface area contributed by atoms with Gasteiger partial charge in [-0.15, -0.1) is 0 Å². The summed E-state index contributed by atoms with van der Waals surface area (Å²) in [6, 6.07) is 1.86. The minimum atomic E-state index is -0.368. The maximum Gasteiger partial charge on any atom is 0.250 e. The maximum atomic E-state index is 11.3.